The summed E-state index contributed by atoms with van der Waals surface area (Å²) in [5.74, 6) is 0.528. The summed E-state index contributed by atoms with van der Waals surface area (Å²) < 4.78 is 34.7. The van der Waals surface area contributed by atoms with Crippen molar-refractivity contribution >= 4 is 33.6 Å². The molecule has 1 aliphatic heterocycles. The molecule has 1 aromatic heterocycles. The van der Waals surface area contributed by atoms with E-state index in [0.717, 1.165) is 56.3 Å². The van der Waals surface area contributed by atoms with E-state index < -0.39 is 15.6 Å². The van der Waals surface area contributed by atoms with Crippen molar-refractivity contribution < 1.29 is 22.5 Å². The van der Waals surface area contributed by atoms with Gasteiger partial charge in [-0.05, 0) is 56.4 Å². The summed E-state index contributed by atoms with van der Waals surface area (Å²) in [6.07, 6.45) is 6.19. The zero-order valence-electron chi connectivity index (χ0n) is 24.5. The Morgan fingerprint density at radius 3 is 2.50 bits per heavy atom. The number of sulfonamides is 1. The van der Waals surface area contributed by atoms with Crippen molar-refractivity contribution in [2.45, 2.75) is 82.7 Å². The van der Waals surface area contributed by atoms with Gasteiger partial charge in [0.15, 0.2) is 0 Å². The topological polar surface area (TPSA) is 134 Å². The molecule has 0 atom stereocenters. The van der Waals surface area contributed by atoms with Crippen molar-refractivity contribution in [3.8, 4) is 11.1 Å². The Morgan fingerprint density at radius 2 is 1.83 bits per heavy atom. The summed E-state index contributed by atoms with van der Waals surface area (Å²) in [6.45, 7) is 5.85. The number of nitrogens with one attached hydrogen (secondary N) is 2. The van der Waals surface area contributed by atoms with E-state index in [-0.39, 0.29) is 22.6 Å². The number of carbonyl (C=O) groups excluding carboxylic acids is 2. The second kappa shape index (κ2) is 11.7. The molecule has 11 heteroatoms. The van der Waals surface area contributed by atoms with E-state index in [0.29, 0.717) is 34.5 Å². The molecule has 0 saturated heterocycles. The highest BCUT2D eigenvalue weighted by molar-refractivity contribution is 7.92. The first-order valence-corrected chi connectivity index (χ1v) is 15.9. The molecule has 1 saturated carbocycles. The van der Waals surface area contributed by atoms with Gasteiger partial charge in [0.05, 0.1) is 17.1 Å². The van der Waals surface area contributed by atoms with Gasteiger partial charge in [-0.1, -0.05) is 61.7 Å². The van der Waals surface area contributed by atoms with Crippen LogP contribution in [-0.2, 0) is 21.4 Å². The Labute approximate surface area is 246 Å². The van der Waals surface area contributed by atoms with E-state index in [2.05, 4.69) is 22.1 Å². The van der Waals surface area contributed by atoms with Crippen LogP contribution in [0.3, 0.4) is 0 Å². The monoisotopic (exact) mass is 591 g/mol. The highest BCUT2D eigenvalue weighted by atomic mass is 32.2. The molecule has 3 aromatic rings. The van der Waals surface area contributed by atoms with Crippen LogP contribution in [0, 0.1) is 13.8 Å². The van der Waals surface area contributed by atoms with Crippen molar-refractivity contribution in [3.05, 3.63) is 64.8 Å². The molecule has 2 aromatic carbocycles. The van der Waals surface area contributed by atoms with Crippen molar-refractivity contribution in [3.63, 3.8) is 0 Å². The smallest absolute Gasteiger partial charge is 0.264 e. The van der Waals surface area contributed by atoms with Gasteiger partial charge < -0.3 is 9.84 Å². The van der Waals surface area contributed by atoms with Gasteiger partial charge in [-0.2, -0.15) is 0 Å². The fourth-order valence-electron chi connectivity index (χ4n) is 5.74. The number of hydrogen-bond donors (Lipinski definition) is 2. The molecule has 0 bridgehead atoms. The number of benzene rings is 2. The average Bonchev–Trinajstić information content (AvgIpc) is 3.66. The van der Waals surface area contributed by atoms with Gasteiger partial charge in [-0.25, -0.2) is 13.1 Å². The summed E-state index contributed by atoms with van der Waals surface area (Å²) in [5, 5.41) is 6.51. The third-order valence-corrected chi connectivity index (χ3v) is 9.62. The number of anilines is 1. The van der Waals surface area contributed by atoms with Crippen LogP contribution in [0.2, 0.25) is 0 Å². The Balaban J connectivity index is 1.51. The van der Waals surface area contributed by atoms with Gasteiger partial charge in [-0.3, -0.25) is 19.5 Å². The lowest BCUT2D eigenvalue weighted by Crippen LogP contribution is -2.40. The van der Waals surface area contributed by atoms with Crippen LogP contribution >= 0.6 is 0 Å². The Kier molecular flexibility index (Phi) is 8.23. The number of aromatic nitrogens is 1. The third-order valence-electron chi connectivity index (χ3n) is 8.23. The molecule has 2 amide bonds. The summed E-state index contributed by atoms with van der Waals surface area (Å²) in [6, 6.07) is 11.8. The Bertz CT molecular complexity index is 1650. The van der Waals surface area contributed by atoms with E-state index in [9.17, 15) is 18.0 Å². The minimum Gasteiger partial charge on any atom is -0.355 e. The molecule has 0 unspecified atom stereocenters. The maximum absolute atomic E-state index is 13.6. The number of hydrogen-bond acceptors (Lipinski definition) is 7. The van der Waals surface area contributed by atoms with Crippen LogP contribution in [0.15, 0.2) is 56.9 Å². The van der Waals surface area contributed by atoms with Gasteiger partial charge in [0.25, 0.3) is 21.8 Å². The minimum absolute atomic E-state index is 0.0109. The number of nitrogens with zero attached hydrogens (tertiary/aromatic N) is 3. The van der Waals surface area contributed by atoms with Crippen LogP contribution in [0.1, 0.15) is 79.0 Å². The van der Waals surface area contributed by atoms with Crippen LogP contribution in [0.5, 0.6) is 0 Å². The van der Waals surface area contributed by atoms with Crippen molar-refractivity contribution in [1.82, 2.24) is 15.4 Å². The summed E-state index contributed by atoms with van der Waals surface area (Å²) in [4.78, 5) is 33.6. The molecule has 2 aliphatic rings. The summed E-state index contributed by atoms with van der Waals surface area (Å²) in [7, 11) is -2.57. The lowest BCUT2D eigenvalue weighted by molar-refractivity contribution is -0.131. The largest absolute Gasteiger partial charge is 0.355 e. The van der Waals surface area contributed by atoms with E-state index in [4.69, 9.17) is 9.52 Å². The van der Waals surface area contributed by atoms with Crippen LogP contribution in [0.4, 0.5) is 5.88 Å². The number of aryl methyl sites for hydroxylation is 1. The van der Waals surface area contributed by atoms with E-state index in [1.165, 1.54) is 13.1 Å². The Hall–Kier alpha value is -3.99. The van der Waals surface area contributed by atoms with Crippen LogP contribution in [-0.4, -0.2) is 48.7 Å². The molecule has 1 fully saturated rings. The summed E-state index contributed by atoms with van der Waals surface area (Å²) in [5.41, 5.74) is 2.39. The molecule has 2 N–H and O–H groups in total. The molecular weight excluding hydrogens is 554 g/mol. The van der Waals surface area contributed by atoms with Gasteiger partial charge in [0.2, 0.25) is 5.88 Å². The summed E-state index contributed by atoms with van der Waals surface area (Å²) >= 11 is 0. The maximum Gasteiger partial charge on any atom is 0.264 e. The van der Waals surface area contributed by atoms with Crippen molar-refractivity contribution in [2.24, 2.45) is 4.99 Å². The van der Waals surface area contributed by atoms with E-state index in [1.54, 1.807) is 49.1 Å². The molecule has 2 heterocycles. The van der Waals surface area contributed by atoms with Crippen molar-refractivity contribution in [2.75, 3.05) is 11.8 Å². The molecule has 1 spiro atoms. The van der Waals surface area contributed by atoms with Gasteiger partial charge in [-0.15, -0.1) is 0 Å². The molecular formula is C31H37N5O5S. The number of aliphatic imine (C=N–C) groups is 1. The number of rotatable bonds is 10. The third kappa shape index (κ3) is 5.45. The van der Waals surface area contributed by atoms with Gasteiger partial charge in [0.1, 0.15) is 11.4 Å². The van der Waals surface area contributed by atoms with Crippen LogP contribution in [0.25, 0.3) is 11.1 Å². The SMILES string of the molecule is CCCCC1=NC2(CCCC2)C(=O)N1Cc1ccc(-c2ccccc2S(=O)(=O)Nc2onc(C)c2C)c(C(=O)NC)c1. The zero-order valence-corrected chi connectivity index (χ0v) is 25.3. The second-order valence-corrected chi connectivity index (χ2v) is 12.7. The zero-order chi connectivity index (χ0) is 30.1. The van der Waals surface area contributed by atoms with Gasteiger partial charge >= 0.3 is 0 Å². The fourth-order valence-corrected chi connectivity index (χ4v) is 7.01. The Morgan fingerprint density at radius 1 is 1.10 bits per heavy atom. The maximum atomic E-state index is 13.6. The lowest BCUT2D eigenvalue weighted by Gasteiger charge is -2.23. The second-order valence-electron chi connectivity index (χ2n) is 11.0. The first kappa shape index (κ1) is 29.5. The quantitative estimate of drug-likeness (QED) is 0.326. The number of unbranched alkanes of at least 4 members (excludes halogenated alkanes) is 1. The molecule has 0 radical (unpaired) electrons. The number of amidine groups is 1. The van der Waals surface area contributed by atoms with E-state index >= 15 is 0 Å². The van der Waals surface area contributed by atoms with E-state index in [1.807, 2.05) is 6.07 Å². The normalized spacial score (nSPS) is 16.2. The highest BCUT2D eigenvalue weighted by Gasteiger charge is 2.49. The first-order valence-electron chi connectivity index (χ1n) is 14.4. The standard InChI is InChI=1S/C31H37N5O5S/c1-5-6-13-27-33-31(16-9-10-17-31)30(38)36(27)19-22-14-15-23(25(18-22)28(37)32-4)24-11-7-8-12-26(24)42(39,40)35-29-20(2)21(3)34-41-29/h7-8,11-12,14-15,18,35H,5-6,9-10,13,16-17,19H2,1-4H3,(H,32,37). The fraction of sp³-hybridized carbons (Fsp3) is 0.419. The predicted molar refractivity (Wildman–Crippen MR) is 161 cm³/mol. The van der Waals surface area contributed by atoms with Gasteiger partial charge in [0, 0.05) is 30.2 Å². The molecule has 5 rings (SSSR count). The molecule has 1 aliphatic carbocycles. The highest BCUT2D eigenvalue weighted by Crippen LogP contribution is 2.40. The first-order chi connectivity index (χ1) is 20.1. The number of amides is 2. The lowest BCUT2D eigenvalue weighted by atomic mass is 9.95. The number of carbonyl (C=O) groups is 2. The van der Waals surface area contributed by atoms with Crippen molar-refractivity contribution in [1.29, 1.82) is 0 Å². The average molecular weight is 592 g/mol. The molecule has 10 nitrogen and oxygen atoms in total. The molecule has 42 heavy (non-hydrogen) atoms. The minimum atomic E-state index is -4.10. The predicted octanol–water partition coefficient (Wildman–Crippen LogP) is 5.36. The van der Waals surface area contributed by atoms with Crippen LogP contribution < -0.4 is 10.0 Å². The molecule has 222 valence electrons.